The molecular formula is C18H17F3N4O. The third kappa shape index (κ3) is 3.00. The lowest BCUT2D eigenvalue weighted by atomic mass is 10.1. The molecule has 0 aliphatic carbocycles. The Bertz CT molecular complexity index is 839. The van der Waals surface area contributed by atoms with Gasteiger partial charge >= 0.3 is 6.18 Å². The molecule has 0 radical (unpaired) electrons. The van der Waals surface area contributed by atoms with Crippen LogP contribution in [0.15, 0.2) is 36.7 Å². The number of hydrogen-bond acceptors (Lipinski definition) is 4. The molecule has 0 saturated carbocycles. The summed E-state index contributed by atoms with van der Waals surface area (Å²) in [4.78, 5) is 23.7. The molecule has 1 aromatic carbocycles. The van der Waals surface area contributed by atoms with Gasteiger partial charge in [-0.3, -0.25) is 4.79 Å². The van der Waals surface area contributed by atoms with E-state index in [0.29, 0.717) is 26.1 Å². The van der Waals surface area contributed by atoms with E-state index >= 15 is 0 Å². The Kier molecular flexibility index (Phi) is 4.05. The van der Waals surface area contributed by atoms with E-state index < -0.39 is 11.9 Å². The zero-order valence-electron chi connectivity index (χ0n) is 13.9. The molecule has 1 atom stereocenters. The smallest absolute Gasteiger partial charge is 0.356 e. The third-order valence-corrected chi connectivity index (χ3v) is 4.96. The van der Waals surface area contributed by atoms with Crippen LogP contribution in [0, 0.1) is 5.92 Å². The second kappa shape index (κ2) is 6.26. The molecule has 1 unspecified atom stereocenters. The van der Waals surface area contributed by atoms with Crippen molar-refractivity contribution in [1.29, 1.82) is 0 Å². The minimum Gasteiger partial charge on any atom is -0.356 e. The van der Waals surface area contributed by atoms with Crippen molar-refractivity contribution in [1.82, 2.24) is 9.97 Å². The molecule has 0 N–H and O–H groups in total. The van der Waals surface area contributed by atoms with Crippen LogP contribution in [-0.4, -0.2) is 35.5 Å². The standard InChI is InChI=1S/C18H17F3N4O/c19-18(20,21)15-9-16(23-11-22-15)24-7-5-13(10-24)17(26)25-8-6-12-3-1-2-4-14(12)25/h1-4,9,11,13H,5-8,10H2. The molecule has 136 valence electrons. The van der Waals surface area contributed by atoms with Gasteiger partial charge in [-0.05, 0) is 24.5 Å². The maximum atomic E-state index is 12.9. The Labute approximate surface area is 148 Å². The molecule has 0 spiro atoms. The van der Waals surface area contributed by atoms with E-state index in [4.69, 9.17) is 0 Å². The molecule has 8 heteroatoms. The number of rotatable bonds is 2. The average Bonchev–Trinajstić information content (AvgIpc) is 3.28. The highest BCUT2D eigenvalue weighted by molar-refractivity contribution is 5.97. The van der Waals surface area contributed by atoms with E-state index in [1.807, 2.05) is 24.3 Å². The van der Waals surface area contributed by atoms with Gasteiger partial charge in [-0.15, -0.1) is 0 Å². The normalized spacial score (nSPS) is 19.7. The van der Waals surface area contributed by atoms with E-state index in [0.717, 1.165) is 30.1 Å². The topological polar surface area (TPSA) is 49.3 Å². The van der Waals surface area contributed by atoms with Crippen LogP contribution in [0.2, 0.25) is 0 Å². The molecule has 1 aromatic heterocycles. The molecular weight excluding hydrogens is 345 g/mol. The van der Waals surface area contributed by atoms with Crippen molar-refractivity contribution in [3.05, 3.63) is 47.9 Å². The molecule has 2 aliphatic heterocycles. The summed E-state index contributed by atoms with van der Waals surface area (Å²) in [6.07, 6.45) is -2.15. The summed E-state index contributed by atoms with van der Waals surface area (Å²) < 4.78 is 38.5. The fourth-order valence-corrected chi connectivity index (χ4v) is 3.63. The first-order chi connectivity index (χ1) is 12.4. The van der Waals surface area contributed by atoms with Crippen LogP contribution in [0.1, 0.15) is 17.7 Å². The van der Waals surface area contributed by atoms with E-state index in [2.05, 4.69) is 9.97 Å². The van der Waals surface area contributed by atoms with Crippen LogP contribution < -0.4 is 9.80 Å². The number of fused-ring (bicyclic) bond motifs is 1. The van der Waals surface area contributed by atoms with Gasteiger partial charge < -0.3 is 9.80 Å². The van der Waals surface area contributed by atoms with Gasteiger partial charge in [0.1, 0.15) is 17.8 Å². The van der Waals surface area contributed by atoms with Crippen LogP contribution >= 0.6 is 0 Å². The van der Waals surface area contributed by atoms with Crippen molar-refractivity contribution in [3.63, 3.8) is 0 Å². The van der Waals surface area contributed by atoms with E-state index in [9.17, 15) is 18.0 Å². The van der Waals surface area contributed by atoms with Crippen molar-refractivity contribution in [2.75, 3.05) is 29.4 Å². The minimum atomic E-state index is -4.51. The molecule has 1 amide bonds. The van der Waals surface area contributed by atoms with Gasteiger partial charge in [0.05, 0.1) is 5.92 Å². The Morgan fingerprint density at radius 2 is 1.96 bits per heavy atom. The lowest BCUT2D eigenvalue weighted by Gasteiger charge is -2.22. The molecule has 1 saturated heterocycles. The zero-order valence-corrected chi connectivity index (χ0v) is 13.9. The molecule has 26 heavy (non-hydrogen) atoms. The molecule has 2 aromatic rings. The number of alkyl halides is 3. The summed E-state index contributed by atoms with van der Waals surface area (Å²) >= 11 is 0. The monoisotopic (exact) mass is 362 g/mol. The predicted octanol–water partition coefficient (Wildman–Crippen LogP) is 2.91. The van der Waals surface area contributed by atoms with E-state index in [1.54, 1.807) is 9.80 Å². The molecule has 1 fully saturated rings. The number of halogens is 3. The first kappa shape index (κ1) is 16.8. The maximum Gasteiger partial charge on any atom is 0.433 e. The number of hydrogen-bond donors (Lipinski definition) is 0. The van der Waals surface area contributed by atoms with E-state index in [1.165, 1.54) is 0 Å². The molecule has 3 heterocycles. The van der Waals surface area contributed by atoms with Crippen LogP contribution in [0.3, 0.4) is 0 Å². The van der Waals surface area contributed by atoms with E-state index in [-0.39, 0.29) is 17.6 Å². The summed E-state index contributed by atoms with van der Waals surface area (Å²) in [7, 11) is 0. The number of carbonyl (C=O) groups excluding carboxylic acids is 1. The Hall–Kier alpha value is -2.64. The average molecular weight is 362 g/mol. The fraction of sp³-hybridized carbons (Fsp3) is 0.389. The Morgan fingerprint density at radius 1 is 1.15 bits per heavy atom. The van der Waals surface area contributed by atoms with Gasteiger partial charge in [-0.2, -0.15) is 13.2 Å². The number of amides is 1. The van der Waals surface area contributed by atoms with Crippen LogP contribution in [-0.2, 0) is 17.4 Å². The van der Waals surface area contributed by atoms with Gasteiger partial charge in [0.2, 0.25) is 5.91 Å². The van der Waals surface area contributed by atoms with Crippen molar-refractivity contribution in [3.8, 4) is 0 Å². The Balaban J connectivity index is 1.49. The van der Waals surface area contributed by atoms with Crippen molar-refractivity contribution < 1.29 is 18.0 Å². The quantitative estimate of drug-likeness (QED) is 0.824. The number of anilines is 2. The number of para-hydroxylation sites is 1. The molecule has 5 nitrogen and oxygen atoms in total. The second-order valence-electron chi connectivity index (χ2n) is 6.56. The van der Waals surface area contributed by atoms with Gasteiger partial charge in [-0.1, -0.05) is 18.2 Å². The first-order valence-electron chi connectivity index (χ1n) is 8.47. The largest absolute Gasteiger partial charge is 0.433 e. The Morgan fingerprint density at radius 3 is 2.77 bits per heavy atom. The van der Waals surface area contributed by atoms with Crippen molar-refractivity contribution in [2.24, 2.45) is 5.92 Å². The van der Waals surface area contributed by atoms with Crippen LogP contribution in [0.4, 0.5) is 24.7 Å². The van der Waals surface area contributed by atoms with Crippen LogP contribution in [0.5, 0.6) is 0 Å². The summed E-state index contributed by atoms with van der Waals surface area (Å²) in [6.45, 7) is 1.52. The highest BCUT2D eigenvalue weighted by Gasteiger charge is 2.37. The first-order valence-corrected chi connectivity index (χ1v) is 8.47. The number of nitrogens with zero attached hydrogens (tertiary/aromatic N) is 4. The van der Waals surface area contributed by atoms with Gasteiger partial charge in [0, 0.05) is 31.4 Å². The minimum absolute atomic E-state index is 0.0301. The summed E-state index contributed by atoms with van der Waals surface area (Å²) in [6, 6.07) is 8.76. The number of carbonyl (C=O) groups is 1. The highest BCUT2D eigenvalue weighted by atomic mass is 19.4. The lowest BCUT2D eigenvalue weighted by molar-refractivity contribution is -0.141. The summed E-state index contributed by atoms with van der Waals surface area (Å²) in [5.74, 6) is -0.00236. The number of aromatic nitrogens is 2. The van der Waals surface area contributed by atoms with Crippen LogP contribution in [0.25, 0.3) is 0 Å². The molecule has 2 aliphatic rings. The zero-order chi connectivity index (χ0) is 18.3. The van der Waals surface area contributed by atoms with Crippen molar-refractivity contribution in [2.45, 2.75) is 19.0 Å². The van der Waals surface area contributed by atoms with Crippen molar-refractivity contribution >= 4 is 17.4 Å². The predicted molar refractivity (Wildman–Crippen MR) is 89.9 cm³/mol. The van der Waals surface area contributed by atoms with Gasteiger partial charge in [0.15, 0.2) is 0 Å². The van der Waals surface area contributed by atoms with Gasteiger partial charge in [-0.25, -0.2) is 9.97 Å². The van der Waals surface area contributed by atoms with Gasteiger partial charge in [0.25, 0.3) is 0 Å². The molecule has 4 rings (SSSR count). The SMILES string of the molecule is O=C(C1CCN(c2cc(C(F)(F)F)ncn2)C1)N1CCc2ccccc21. The number of benzene rings is 1. The lowest BCUT2D eigenvalue weighted by Crippen LogP contribution is -2.36. The second-order valence-corrected chi connectivity index (χ2v) is 6.56. The summed E-state index contributed by atoms with van der Waals surface area (Å²) in [5.41, 5.74) is 1.13. The fourth-order valence-electron chi connectivity index (χ4n) is 3.63. The molecule has 0 bridgehead atoms. The third-order valence-electron chi connectivity index (χ3n) is 4.96. The maximum absolute atomic E-state index is 12.9. The summed E-state index contributed by atoms with van der Waals surface area (Å²) in [5, 5.41) is 0. The highest BCUT2D eigenvalue weighted by Crippen LogP contribution is 2.33.